The number of carboxylic acid groups (broad SMARTS) is 1. The van der Waals surface area contributed by atoms with Gasteiger partial charge in [0.15, 0.2) is 11.2 Å². The van der Waals surface area contributed by atoms with E-state index in [9.17, 15) is 19.2 Å². The van der Waals surface area contributed by atoms with Crippen LogP contribution in [0.25, 0.3) is 11.2 Å². The molecule has 1 radical (unpaired) electrons. The Labute approximate surface area is 209 Å². The molecule has 2 heterocycles. The fraction of sp³-hybridized carbons (Fsp3) is 0.211. The molecule has 0 unspecified atom stereocenters. The number of hydrogen-bond donors (Lipinski definition) is 5. The molecule has 2 aromatic heterocycles. The van der Waals surface area contributed by atoms with E-state index in [2.05, 4.69) is 30.6 Å². The van der Waals surface area contributed by atoms with Gasteiger partial charge in [-0.05, 0) is 30.7 Å². The summed E-state index contributed by atoms with van der Waals surface area (Å²) in [6.07, 6.45) is 2.94. The topological polar surface area (TPSA) is 193 Å². The summed E-state index contributed by atoms with van der Waals surface area (Å²) < 4.78 is 0. The van der Waals surface area contributed by atoms with Crippen LogP contribution >= 0.6 is 0 Å². The quantitative estimate of drug-likeness (QED) is 0.151. The second kappa shape index (κ2) is 12.7. The SMILES string of the molecule is Nc1nc2ncc(CNc3ccc(C(=O)N[C@@H](CC[C-]=O)C(=O)O)cc3)nc2c(=O)[nH]1.[Cu].[Li+]. The number of anilines is 2. The van der Waals surface area contributed by atoms with E-state index in [0.29, 0.717) is 11.4 Å². The zero-order chi connectivity index (χ0) is 22.4. The number of benzene rings is 1. The van der Waals surface area contributed by atoms with E-state index in [4.69, 9.17) is 10.8 Å². The number of carbonyl (C=O) groups excluding carboxylic acids is 2. The Kier molecular flexibility index (Phi) is 10.7. The third-order valence-corrected chi connectivity index (χ3v) is 4.25. The first-order valence-corrected chi connectivity index (χ1v) is 9.11. The van der Waals surface area contributed by atoms with Crippen molar-refractivity contribution < 1.29 is 55.4 Å². The maximum Gasteiger partial charge on any atom is 1.00 e. The van der Waals surface area contributed by atoms with E-state index in [1.54, 1.807) is 18.4 Å². The fourth-order valence-corrected chi connectivity index (χ4v) is 2.69. The van der Waals surface area contributed by atoms with Crippen LogP contribution in [0.3, 0.4) is 0 Å². The molecule has 0 fully saturated rings. The number of nitrogens with one attached hydrogen (secondary N) is 3. The summed E-state index contributed by atoms with van der Waals surface area (Å²) in [5.41, 5.74) is 6.61. The number of hydrogen-bond acceptors (Lipinski definition) is 9. The number of nitrogen functional groups attached to an aromatic ring is 1. The Bertz CT molecular complexity index is 1190. The van der Waals surface area contributed by atoms with Gasteiger partial charge in [-0.1, -0.05) is 0 Å². The molecule has 3 rings (SSSR count). The van der Waals surface area contributed by atoms with Crippen LogP contribution in [0.4, 0.5) is 11.6 Å². The summed E-state index contributed by atoms with van der Waals surface area (Å²) >= 11 is 0. The summed E-state index contributed by atoms with van der Waals surface area (Å²) in [6.45, 7) is 0.252. The molecule has 0 aliphatic rings. The molecule has 3 aromatic rings. The third kappa shape index (κ3) is 7.40. The van der Waals surface area contributed by atoms with Gasteiger partial charge in [0.2, 0.25) is 5.95 Å². The minimum atomic E-state index is -1.23. The third-order valence-electron chi connectivity index (χ3n) is 4.25. The van der Waals surface area contributed by atoms with Crippen LogP contribution in [-0.4, -0.2) is 49.2 Å². The van der Waals surface area contributed by atoms with Gasteiger partial charge in [0, 0.05) is 28.3 Å². The first kappa shape index (κ1) is 27.8. The van der Waals surface area contributed by atoms with Gasteiger partial charge in [0.1, 0.15) is 6.04 Å². The number of aliphatic carboxylic acids is 1. The summed E-state index contributed by atoms with van der Waals surface area (Å²) in [5, 5.41) is 14.6. The zero-order valence-corrected chi connectivity index (χ0v) is 18.3. The van der Waals surface area contributed by atoms with Crippen LogP contribution < -0.4 is 40.8 Å². The van der Waals surface area contributed by atoms with Crippen LogP contribution in [0, 0.1) is 0 Å². The number of aromatic nitrogens is 4. The minimum Gasteiger partial charge on any atom is -0.542 e. The second-order valence-electron chi connectivity index (χ2n) is 6.46. The summed E-state index contributed by atoms with van der Waals surface area (Å²) in [7, 11) is 0. The molecule has 0 spiro atoms. The molecule has 0 aliphatic heterocycles. The van der Waals surface area contributed by atoms with E-state index in [-0.39, 0.29) is 78.0 Å². The zero-order valence-electron chi connectivity index (χ0n) is 17.4. The van der Waals surface area contributed by atoms with Crippen molar-refractivity contribution >= 4 is 41.0 Å². The largest absolute Gasteiger partial charge is 1.00 e. The fourth-order valence-electron chi connectivity index (χ4n) is 2.69. The Balaban J connectivity index is 0.00000272. The summed E-state index contributed by atoms with van der Waals surface area (Å²) in [5.74, 6) is -1.84. The molecule has 0 saturated heterocycles. The smallest absolute Gasteiger partial charge is 0.542 e. The maximum atomic E-state index is 12.2. The van der Waals surface area contributed by atoms with Crippen LogP contribution in [-0.2, 0) is 33.2 Å². The number of amides is 1. The van der Waals surface area contributed by atoms with Crippen molar-refractivity contribution in [3.63, 3.8) is 0 Å². The van der Waals surface area contributed by atoms with Crippen molar-refractivity contribution in [3.8, 4) is 0 Å². The average molecular weight is 495 g/mol. The Hall–Kier alpha value is -3.23. The van der Waals surface area contributed by atoms with E-state index in [1.807, 2.05) is 0 Å². The van der Waals surface area contributed by atoms with Gasteiger partial charge >= 0.3 is 24.8 Å². The molecule has 1 aromatic carbocycles. The predicted octanol–water partition coefficient (Wildman–Crippen LogP) is -3.02. The van der Waals surface area contributed by atoms with Crippen LogP contribution in [0.1, 0.15) is 28.9 Å². The number of rotatable bonds is 9. The normalized spacial score (nSPS) is 10.9. The van der Waals surface area contributed by atoms with E-state index >= 15 is 0 Å². The Morgan fingerprint density at radius 1 is 1.21 bits per heavy atom. The average Bonchev–Trinajstić information content (AvgIpc) is 2.75. The molecular formula is C19H18CuLiN7O5. The van der Waals surface area contributed by atoms with E-state index in [0.717, 1.165) is 0 Å². The first-order valence-electron chi connectivity index (χ1n) is 9.11. The molecule has 0 saturated carbocycles. The van der Waals surface area contributed by atoms with Crippen molar-refractivity contribution in [3.05, 3.63) is 52.1 Å². The molecule has 1 amide bonds. The van der Waals surface area contributed by atoms with Crippen LogP contribution in [0.5, 0.6) is 0 Å². The summed E-state index contributed by atoms with van der Waals surface area (Å²) in [4.78, 5) is 60.2. The van der Waals surface area contributed by atoms with Gasteiger partial charge in [-0.2, -0.15) is 4.98 Å². The van der Waals surface area contributed by atoms with Crippen LogP contribution in [0.2, 0.25) is 0 Å². The van der Waals surface area contributed by atoms with Gasteiger partial charge in [-0.15, -0.1) is 6.42 Å². The minimum absolute atomic E-state index is 0. The number of nitrogens with two attached hydrogens (primary N) is 1. The Morgan fingerprint density at radius 3 is 2.55 bits per heavy atom. The molecule has 0 bridgehead atoms. The standard InChI is InChI=1S/C19H18N7O5.Cu.Li/c20-19-25-15-14(17(29)26-19)23-12(9-22-15)8-21-11-5-3-10(4-6-11)16(28)24-13(18(30)31)2-1-7-27;;/h3-6,9,13,21H,1-2,8H2,(H,24,28)(H,30,31)(H3,20,22,25,26,29);;/q-1;;+1/t13-;;/m0../s1. The van der Waals surface area contributed by atoms with Gasteiger partial charge < -0.3 is 26.3 Å². The predicted molar refractivity (Wildman–Crippen MR) is 110 cm³/mol. The molecule has 171 valence electrons. The van der Waals surface area contributed by atoms with E-state index in [1.165, 1.54) is 18.3 Å². The van der Waals surface area contributed by atoms with Crippen molar-refractivity contribution in [2.45, 2.75) is 25.4 Å². The van der Waals surface area contributed by atoms with Gasteiger partial charge in [0.05, 0.1) is 18.4 Å². The van der Waals surface area contributed by atoms with Crippen molar-refractivity contribution in [1.82, 2.24) is 25.3 Å². The number of H-pyrrole nitrogens is 1. The monoisotopic (exact) mass is 494 g/mol. The van der Waals surface area contributed by atoms with Crippen molar-refractivity contribution in [2.75, 3.05) is 11.1 Å². The van der Waals surface area contributed by atoms with E-state index < -0.39 is 23.5 Å². The molecule has 1 atom stereocenters. The number of nitrogens with zero attached hydrogens (tertiary/aromatic N) is 3. The molecular weight excluding hydrogens is 477 g/mol. The second-order valence-corrected chi connectivity index (χ2v) is 6.46. The maximum absolute atomic E-state index is 12.2. The summed E-state index contributed by atoms with van der Waals surface area (Å²) in [6, 6.07) is 5.13. The number of fused-ring (bicyclic) bond motifs is 1. The molecule has 12 nitrogen and oxygen atoms in total. The first-order chi connectivity index (χ1) is 14.9. The molecule has 6 N–H and O–H groups in total. The Morgan fingerprint density at radius 2 is 1.91 bits per heavy atom. The number of carbonyl (C=O) groups is 2. The number of carboxylic acids is 1. The van der Waals surface area contributed by atoms with Gasteiger partial charge in [-0.3, -0.25) is 20.9 Å². The van der Waals surface area contributed by atoms with Gasteiger partial charge in [-0.25, -0.2) is 14.8 Å². The van der Waals surface area contributed by atoms with Gasteiger partial charge in [0.25, 0.3) is 11.5 Å². The number of aromatic amines is 1. The van der Waals surface area contributed by atoms with Crippen LogP contribution in [0.15, 0.2) is 35.3 Å². The molecule has 14 heteroatoms. The van der Waals surface area contributed by atoms with Crippen molar-refractivity contribution in [1.29, 1.82) is 0 Å². The molecule has 0 aliphatic carbocycles. The van der Waals surface area contributed by atoms with Crippen molar-refractivity contribution in [2.24, 2.45) is 0 Å². The molecule has 33 heavy (non-hydrogen) atoms.